The maximum Gasteiger partial charge on any atom is 0.416 e. The van der Waals surface area contributed by atoms with E-state index in [0.29, 0.717) is 6.07 Å². The van der Waals surface area contributed by atoms with Crippen LogP contribution in [0.3, 0.4) is 0 Å². The monoisotopic (exact) mass is 234 g/mol. The molecule has 4 nitrogen and oxygen atoms in total. The predicted octanol–water partition coefficient (Wildman–Crippen LogP) is 2.38. The SMILES string of the molecule is Cc1c(CN)cc(C(F)(F)F)cc1[N+](=O)[O-]. The van der Waals surface area contributed by atoms with Crippen molar-refractivity contribution in [3.05, 3.63) is 38.9 Å². The number of alkyl halides is 3. The van der Waals surface area contributed by atoms with E-state index in [1.54, 1.807) is 0 Å². The topological polar surface area (TPSA) is 69.2 Å². The summed E-state index contributed by atoms with van der Waals surface area (Å²) < 4.78 is 37.2. The molecule has 1 aromatic carbocycles. The first kappa shape index (κ1) is 12.4. The third-order valence-electron chi connectivity index (χ3n) is 2.23. The molecular formula is C9H9F3N2O2. The normalized spacial score (nSPS) is 11.6. The van der Waals surface area contributed by atoms with Crippen LogP contribution in [0.15, 0.2) is 12.1 Å². The fourth-order valence-corrected chi connectivity index (χ4v) is 1.32. The number of nitro benzene ring substituents is 1. The average molecular weight is 234 g/mol. The number of rotatable bonds is 2. The summed E-state index contributed by atoms with van der Waals surface area (Å²) in [5.74, 6) is 0. The maximum atomic E-state index is 12.4. The molecule has 0 aliphatic rings. The van der Waals surface area contributed by atoms with Gasteiger partial charge >= 0.3 is 6.18 Å². The van der Waals surface area contributed by atoms with E-state index in [0.717, 1.165) is 6.07 Å². The number of nitrogens with zero attached hydrogens (tertiary/aromatic N) is 1. The minimum atomic E-state index is -4.61. The molecule has 0 unspecified atom stereocenters. The second-order valence-electron chi connectivity index (χ2n) is 3.24. The number of nitro groups is 1. The van der Waals surface area contributed by atoms with Crippen molar-refractivity contribution >= 4 is 5.69 Å². The summed E-state index contributed by atoms with van der Waals surface area (Å²) in [6.45, 7) is 1.21. The van der Waals surface area contributed by atoms with Crippen molar-refractivity contribution in [2.75, 3.05) is 0 Å². The lowest BCUT2D eigenvalue weighted by atomic mass is 10.0. The predicted molar refractivity (Wildman–Crippen MR) is 50.7 cm³/mol. The summed E-state index contributed by atoms with van der Waals surface area (Å²) in [7, 11) is 0. The molecule has 88 valence electrons. The quantitative estimate of drug-likeness (QED) is 0.630. The molecule has 0 saturated heterocycles. The first-order valence-corrected chi connectivity index (χ1v) is 4.32. The largest absolute Gasteiger partial charge is 0.416 e. The molecule has 2 N–H and O–H groups in total. The Kier molecular flexibility index (Phi) is 3.18. The molecule has 0 aliphatic heterocycles. The van der Waals surface area contributed by atoms with Crippen molar-refractivity contribution in [1.82, 2.24) is 0 Å². The Labute approximate surface area is 89.0 Å². The van der Waals surface area contributed by atoms with Gasteiger partial charge in [0.2, 0.25) is 0 Å². The lowest BCUT2D eigenvalue weighted by molar-refractivity contribution is -0.385. The molecule has 0 bridgehead atoms. The van der Waals surface area contributed by atoms with Gasteiger partial charge in [-0.2, -0.15) is 13.2 Å². The van der Waals surface area contributed by atoms with Gasteiger partial charge in [0.05, 0.1) is 10.5 Å². The molecule has 1 aromatic rings. The molecule has 0 spiro atoms. The molecule has 0 radical (unpaired) electrons. The molecule has 1 rings (SSSR count). The number of hydrogen-bond acceptors (Lipinski definition) is 3. The second-order valence-corrected chi connectivity index (χ2v) is 3.24. The Hall–Kier alpha value is -1.63. The minimum Gasteiger partial charge on any atom is -0.326 e. The van der Waals surface area contributed by atoms with Crippen LogP contribution in [-0.4, -0.2) is 4.92 Å². The van der Waals surface area contributed by atoms with Gasteiger partial charge in [-0.3, -0.25) is 10.1 Å². The van der Waals surface area contributed by atoms with Crippen molar-refractivity contribution in [1.29, 1.82) is 0 Å². The molecule has 16 heavy (non-hydrogen) atoms. The van der Waals surface area contributed by atoms with E-state index in [1.807, 2.05) is 0 Å². The number of nitrogens with two attached hydrogens (primary N) is 1. The first-order valence-electron chi connectivity index (χ1n) is 4.32. The Morgan fingerprint density at radius 1 is 1.44 bits per heavy atom. The fourth-order valence-electron chi connectivity index (χ4n) is 1.32. The smallest absolute Gasteiger partial charge is 0.326 e. The lowest BCUT2D eigenvalue weighted by Crippen LogP contribution is -2.10. The van der Waals surface area contributed by atoms with E-state index in [2.05, 4.69) is 0 Å². The highest BCUT2D eigenvalue weighted by atomic mass is 19.4. The van der Waals surface area contributed by atoms with Gasteiger partial charge in [-0.25, -0.2) is 0 Å². The zero-order valence-electron chi connectivity index (χ0n) is 8.34. The van der Waals surface area contributed by atoms with Crippen molar-refractivity contribution in [2.24, 2.45) is 5.73 Å². The standard InChI is InChI=1S/C9H9F3N2O2/c1-5-6(4-13)2-7(9(10,11)12)3-8(5)14(15)16/h2-3H,4,13H2,1H3. The van der Waals surface area contributed by atoms with Gasteiger partial charge in [-0.05, 0) is 18.6 Å². The molecule has 0 amide bonds. The van der Waals surface area contributed by atoms with Crippen LogP contribution < -0.4 is 5.73 Å². The molecular weight excluding hydrogens is 225 g/mol. The summed E-state index contributed by atoms with van der Waals surface area (Å²) >= 11 is 0. The molecule has 0 fully saturated rings. The second kappa shape index (κ2) is 4.09. The van der Waals surface area contributed by atoms with Crippen LogP contribution in [-0.2, 0) is 12.7 Å². The molecule has 0 saturated carbocycles. The van der Waals surface area contributed by atoms with Gasteiger partial charge in [-0.15, -0.1) is 0 Å². The number of benzene rings is 1. The molecule has 0 atom stereocenters. The lowest BCUT2D eigenvalue weighted by Gasteiger charge is -2.10. The number of hydrogen-bond donors (Lipinski definition) is 1. The van der Waals surface area contributed by atoms with Crippen LogP contribution in [0.25, 0.3) is 0 Å². The highest BCUT2D eigenvalue weighted by Crippen LogP contribution is 2.34. The van der Waals surface area contributed by atoms with Gasteiger partial charge < -0.3 is 5.73 Å². The Morgan fingerprint density at radius 2 is 2.00 bits per heavy atom. The summed E-state index contributed by atoms with van der Waals surface area (Å²) in [4.78, 5) is 9.72. The van der Waals surface area contributed by atoms with Crippen LogP contribution >= 0.6 is 0 Å². The van der Waals surface area contributed by atoms with E-state index in [-0.39, 0.29) is 17.7 Å². The summed E-state index contributed by atoms with van der Waals surface area (Å²) in [6, 6.07) is 1.36. The van der Waals surface area contributed by atoms with Gasteiger partial charge in [0.25, 0.3) is 5.69 Å². The summed E-state index contributed by atoms with van der Waals surface area (Å²) in [5.41, 5.74) is 3.92. The maximum absolute atomic E-state index is 12.4. The zero-order chi connectivity index (χ0) is 12.5. The van der Waals surface area contributed by atoms with Crippen molar-refractivity contribution in [3.8, 4) is 0 Å². The summed E-state index contributed by atoms with van der Waals surface area (Å²) in [5, 5.41) is 10.6. The van der Waals surface area contributed by atoms with Gasteiger partial charge in [0.15, 0.2) is 0 Å². The van der Waals surface area contributed by atoms with Crippen molar-refractivity contribution < 1.29 is 18.1 Å². The fraction of sp³-hybridized carbons (Fsp3) is 0.333. The first-order chi connectivity index (χ1) is 7.27. The van der Waals surface area contributed by atoms with Crippen LogP contribution in [0.2, 0.25) is 0 Å². The van der Waals surface area contributed by atoms with Gasteiger partial charge in [0, 0.05) is 18.2 Å². The van der Waals surface area contributed by atoms with Crippen LogP contribution in [0.4, 0.5) is 18.9 Å². The minimum absolute atomic E-state index is 0.126. The van der Waals surface area contributed by atoms with E-state index < -0.39 is 22.4 Å². The Balaban J connectivity index is 3.46. The van der Waals surface area contributed by atoms with E-state index >= 15 is 0 Å². The summed E-state index contributed by atoms with van der Waals surface area (Å²) in [6.07, 6.45) is -4.61. The molecule has 0 heterocycles. The highest BCUT2D eigenvalue weighted by Gasteiger charge is 2.33. The van der Waals surface area contributed by atoms with Gasteiger partial charge in [-0.1, -0.05) is 0 Å². The third-order valence-corrected chi connectivity index (χ3v) is 2.23. The number of halogens is 3. The molecule has 0 aliphatic carbocycles. The average Bonchev–Trinajstić information content (AvgIpc) is 2.15. The molecule has 0 aromatic heterocycles. The van der Waals surface area contributed by atoms with E-state index in [9.17, 15) is 23.3 Å². The van der Waals surface area contributed by atoms with Crippen LogP contribution in [0, 0.1) is 17.0 Å². The zero-order valence-corrected chi connectivity index (χ0v) is 8.34. The Bertz CT molecular complexity index is 429. The third kappa shape index (κ3) is 2.30. The van der Waals surface area contributed by atoms with E-state index in [4.69, 9.17) is 5.73 Å². The Morgan fingerprint density at radius 3 is 2.38 bits per heavy atom. The highest BCUT2D eigenvalue weighted by molar-refractivity contribution is 5.48. The van der Waals surface area contributed by atoms with Crippen molar-refractivity contribution in [2.45, 2.75) is 19.6 Å². The molecule has 7 heteroatoms. The van der Waals surface area contributed by atoms with Crippen LogP contribution in [0.5, 0.6) is 0 Å². The van der Waals surface area contributed by atoms with Crippen molar-refractivity contribution in [3.63, 3.8) is 0 Å². The van der Waals surface area contributed by atoms with Gasteiger partial charge in [0.1, 0.15) is 0 Å². The van der Waals surface area contributed by atoms with Crippen LogP contribution in [0.1, 0.15) is 16.7 Å². The van der Waals surface area contributed by atoms with E-state index in [1.165, 1.54) is 6.92 Å².